The first-order valence-electron chi connectivity index (χ1n) is 10.3. The van der Waals surface area contributed by atoms with Crippen LogP contribution in [0.25, 0.3) is 11.2 Å². The summed E-state index contributed by atoms with van der Waals surface area (Å²) in [5.41, 5.74) is 2.92. The summed E-state index contributed by atoms with van der Waals surface area (Å²) >= 11 is 0. The SMILES string of the molecule is CC(=O)c1cccc(CNc2nc(N3CCC[C@@H]3CO)nc3c2nnn3C(C)C)c1. The van der Waals surface area contributed by atoms with Crippen molar-refractivity contribution < 1.29 is 9.90 Å². The van der Waals surface area contributed by atoms with Gasteiger partial charge in [-0.2, -0.15) is 9.97 Å². The Bertz CT molecular complexity index is 1060. The molecule has 0 radical (unpaired) electrons. The number of rotatable bonds is 7. The van der Waals surface area contributed by atoms with Gasteiger partial charge in [0, 0.05) is 18.7 Å². The number of benzene rings is 1. The Kier molecular flexibility index (Phi) is 5.63. The number of aliphatic hydroxyl groups is 1. The highest BCUT2D eigenvalue weighted by molar-refractivity contribution is 5.94. The number of fused-ring (bicyclic) bond motifs is 1. The van der Waals surface area contributed by atoms with Crippen LogP contribution in [0, 0.1) is 0 Å². The number of nitrogens with zero attached hydrogens (tertiary/aromatic N) is 6. The zero-order chi connectivity index (χ0) is 21.3. The fraction of sp³-hybridized carbons (Fsp3) is 0.476. The van der Waals surface area contributed by atoms with Crippen LogP contribution in [0.1, 0.15) is 55.6 Å². The fourth-order valence-corrected chi connectivity index (χ4v) is 3.79. The van der Waals surface area contributed by atoms with E-state index in [-0.39, 0.29) is 24.5 Å². The number of Topliss-reactive ketones (excluding diaryl/α,β-unsaturated/α-hetero) is 1. The van der Waals surface area contributed by atoms with Gasteiger partial charge in [0.15, 0.2) is 22.8 Å². The minimum Gasteiger partial charge on any atom is -0.394 e. The van der Waals surface area contributed by atoms with Crippen molar-refractivity contribution in [2.24, 2.45) is 0 Å². The number of aliphatic hydroxyl groups excluding tert-OH is 1. The van der Waals surface area contributed by atoms with Gasteiger partial charge in [-0.05, 0) is 45.2 Å². The van der Waals surface area contributed by atoms with Crippen LogP contribution in [0.4, 0.5) is 11.8 Å². The Morgan fingerprint density at radius 3 is 2.90 bits per heavy atom. The van der Waals surface area contributed by atoms with Crippen LogP contribution in [0.3, 0.4) is 0 Å². The molecule has 3 heterocycles. The van der Waals surface area contributed by atoms with Crippen LogP contribution in [0.15, 0.2) is 24.3 Å². The second-order valence-corrected chi connectivity index (χ2v) is 7.95. The van der Waals surface area contributed by atoms with Gasteiger partial charge in [-0.15, -0.1) is 5.10 Å². The number of carbonyl (C=O) groups excluding carboxylic acids is 1. The van der Waals surface area contributed by atoms with Crippen molar-refractivity contribution in [1.82, 2.24) is 25.0 Å². The van der Waals surface area contributed by atoms with Gasteiger partial charge in [-0.3, -0.25) is 4.79 Å². The van der Waals surface area contributed by atoms with Gasteiger partial charge in [0.2, 0.25) is 5.95 Å². The smallest absolute Gasteiger partial charge is 0.229 e. The van der Waals surface area contributed by atoms with E-state index >= 15 is 0 Å². The fourth-order valence-electron chi connectivity index (χ4n) is 3.79. The molecule has 3 aromatic rings. The predicted molar refractivity (Wildman–Crippen MR) is 115 cm³/mol. The number of ketones is 1. The molecule has 0 aliphatic carbocycles. The van der Waals surface area contributed by atoms with E-state index in [4.69, 9.17) is 9.97 Å². The lowest BCUT2D eigenvalue weighted by Gasteiger charge is -2.23. The van der Waals surface area contributed by atoms with Crippen molar-refractivity contribution in [2.45, 2.75) is 52.2 Å². The Morgan fingerprint density at radius 1 is 1.33 bits per heavy atom. The van der Waals surface area contributed by atoms with Crippen LogP contribution in [-0.2, 0) is 6.54 Å². The van der Waals surface area contributed by atoms with Crippen LogP contribution in [0.2, 0.25) is 0 Å². The molecular weight excluding hydrogens is 382 g/mol. The summed E-state index contributed by atoms with van der Waals surface area (Å²) in [6.07, 6.45) is 1.91. The average Bonchev–Trinajstić information content (AvgIpc) is 3.38. The topological polar surface area (TPSA) is 109 Å². The number of anilines is 2. The third-order valence-electron chi connectivity index (χ3n) is 5.44. The monoisotopic (exact) mass is 409 g/mol. The molecule has 1 saturated heterocycles. The van der Waals surface area contributed by atoms with E-state index in [9.17, 15) is 9.90 Å². The van der Waals surface area contributed by atoms with Gasteiger partial charge >= 0.3 is 0 Å². The highest BCUT2D eigenvalue weighted by Gasteiger charge is 2.28. The molecule has 0 saturated carbocycles. The molecule has 0 spiro atoms. The van der Waals surface area contributed by atoms with Crippen molar-refractivity contribution in [3.05, 3.63) is 35.4 Å². The first-order valence-corrected chi connectivity index (χ1v) is 10.3. The lowest BCUT2D eigenvalue weighted by Crippen LogP contribution is -2.33. The quantitative estimate of drug-likeness (QED) is 0.573. The van der Waals surface area contributed by atoms with Crippen LogP contribution in [0.5, 0.6) is 0 Å². The molecule has 0 bridgehead atoms. The van der Waals surface area contributed by atoms with Gasteiger partial charge in [0.05, 0.1) is 18.7 Å². The second kappa shape index (κ2) is 8.35. The zero-order valence-electron chi connectivity index (χ0n) is 17.5. The summed E-state index contributed by atoms with van der Waals surface area (Å²) in [7, 11) is 0. The molecule has 1 atom stereocenters. The summed E-state index contributed by atoms with van der Waals surface area (Å²) in [6.45, 7) is 6.99. The Hall–Kier alpha value is -3.07. The minimum atomic E-state index is 0.0194. The van der Waals surface area contributed by atoms with Crippen molar-refractivity contribution in [1.29, 1.82) is 0 Å². The van der Waals surface area contributed by atoms with E-state index in [0.717, 1.165) is 24.9 Å². The lowest BCUT2D eigenvalue weighted by molar-refractivity contribution is 0.101. The number of hydrogen-bond donors (Lipinski definition) is 2. The molecule has 1 aromatic carbocycles. The number of hydrogen-bond acceptors (Lipinski definition) is 8. The summed E-state index contributed by atoms with van der Waals surface area (Å²) in [6, 6.07) is 7.65. The number of carbonyl (C=O) groups is 1. The Balaban J connectivity index is 1.71. The molecule has 30 heavy (non-hydrogen) atoms. The first kappa shape index (κ1) is 20.2. The van der Waals surface area contributed by atoms with Gasteiger partial charge in [0.25, 0.3) is 0 Å². The predicted octanol–water partition coefficient (Wildman–Crippen LogP) is 2.58. The third-order valence-corrected chi connectivity index (χ3v) is 5.44. The van der Waals surface area contributed by atoms with E-state index in [1.165, 1.54) is 0 Å². The normalized spacial score (nSPS) is 16.6. The third kappa shape index (κ3) is 3.85. The van der Waals surface area contributed by atoms with Crippen molar-refractivity contribution in [2.75, 3.05) is 23.4 Å². The molecule has 9 nitrogen and oxygen atoms in total. The maximum absolute atomic E-state index is 11.7. The maximum Gasteiger partial charge on any atom is 0.229 e. The summed E-state index contributed by atoms with van der Waals surface area (Å²) in [5.74, 6) is 1.20. The molecule has 0 unspecified atom stereocenters. The van der Waals surface area contributed by atoms with E-state index in [2.05, 4.69) is 20.5 Å². The molecule has 0 amide bonds. The highest BCUT2D eigenvalue weighted by atomic mass is 16.3. The number of nitrogens with one attached hydrogen (secondary N) is 1. The van der Waals surface area contributed by atoms with Crippen LogP contribution in [-0.4, -0.2) is 55.0 Å². The van der Waals surface area contributed by atoms with Crippen molar-refractivity contribution in [3.8, 4) is 0 Å². The van der Waals surface area contributed by atoms with Gasteiger partial charge in [-0.1, -0.05) is 23.4 Å². The molecule has 1 aliphatic heterocycles. The van der Waals surface area contributed by atoms with Gasteiger partial charge < -0.3 is 15.3 Å². The summed E-state index contributed by atoms with van der Waals surface area (Å²) in [4.78, 5) is 23.2. The van der Waals surface area contributed by atoms with E-state index < -0.39 is 0 Å². The first-order chi connectivity index (χ1) is 14.5. The zero-order valence-corrected chi connectivity index (χ0v) is 17.5. The largest absolute Gasteiger partial charge is 0.394 e. The van der Waals surface area contributed by atoms with E-state index in [1.807, 2.05) is 38.1 Å². The molecule has 1 fully saturated rings. The Morgan fingerprint density at radius 2 is 2.17 bits per heavy atom. The average molecular weight is 409 g/mol. The molecular formula is C21H27N7O2. The summed E-state index contributed by atoms with van der Waals surface area (Å²) < 4.78 is 1.78. The van der Waals surface area contributed by atoms with E-state index in [1.54, 1.807) is 11.6 Å². The van der Waals surface area contributed by atoms with Gasteiger partial charge in [0.1, 0.15) is 0 Å². The van der Waals surface area contributed by atoms with E-state index in [0.29, 0.717) is 35.0 Å². The van der Waals surface area contributed by atoms with Crippen LogP contribution >= 0.6 is 0 Å². The minimum absolute atomic E-state index is 0.0194. The van der Waals surface area contributed by atoms with Crippen molar-refractivity contribution in [3.63, 3.8) is 0 Å². The van der Waals surface area contributed by atoms with Crippen LogP contribution < -0.4 is 10.2 Å². The van der Waals surface area contributed by atoms with Crippen molar-refractivity contribution >= 4 is 28.7 Å². The molecule has 2 N–H and O–H groups in total. The number of aromatic nitrogens is 5. The standard InChI is InChI=1S/C21H27N7O2/c1-13(2)28-20-18(25-26-28)19(22-11-15-6-4-7-16(10-15)14(3)30)23-21(24-20)27-9-5-8-17(27)12-29/h4,6-7,10,13,17,29H,5,8-9,11-12H2,1-3H3,(H,22,23,24)/t17-/m1/s1. The molecule has 1 aliphatic rings. The maximum atomic E-state index is 11.7. The molecule has 2 aromatic heterocycles. The Labute approximate surface area is 175 Å². The molecule has 158 valence electrons. The molecule has 9 heteroatoms. The molecule has 4 rings (SSSR count). The summed E-state index contributed by atoms with van der Waals surface area (Å²) in [5, 5.41) is 21.7. The highest BCUT2D eigenvalue weighted by Crippen LogP contribution is 2.28. The van der Waals surface area contributed by atoms with Gasteiger partial charge in [-0.25, -0.2) is 4.68 Å². The second-order valence-electron chi connectivity index (χ2n) is 7.95. The lowest BCUT2D eigenvalue weighted by atomic mass is 10.1.